The van der Waals surface area contributed by atoms with Crippen LogP contribution < -0.4 is 5.32 Å². The number of ether oxygens (including phenoxy) is 1. The first kappa shape index (κ1) is 13.4. The first-order valence-electron chi connectivity index (χ1n) is 6.36. The molecule has 6 heteroatoms. The highest BCUT2D eigenvalue weighted by Gasteiger charge is 2.41. The van der Waals surface area contributed by atoms with E-state index in [1.54, 1.807) is 12.1 Å². The number of fused-ring (bicyclic) bond motifs is 2. The average molecular weight is 346 g/mol. The van der Waals surface area contributed by atoms with Crippen molar-refractivity contribution in [1.29, 1.82) is 0 Å². The first-order valence-corrected chi connectivity index (χ1v) is 9.04. The summed E-state index contributed by atoms with van der Waals surface area (Å²) in [6, 6.07) is 5.43. The third kappa shape index (κ3) is 2.53. The third-order valence-electron chi connectivity index (χ3n) is 3.81. The van der Waals surface area contributed by atoms with Crippen molar-refractivity contribution in [3.8, 4) is 0 Å². The Labute approximate surface area is 121 Å². The third-order valence-corrected chi connectivity index (χ3v) is 5.61. The zero-order chi connectivity index (χ0) is 13.6. The van der Waals surface area contributed by atoms with Gasteiger partial charge in [-0.05, 0) is 47.3 Å². The highest BCUT2D eigenvalue weighted by Crippen LogP contribution is 2.38. The molecular formula is C13H16BrNO3S. The van der Waals surface area contributed by atoms with Gasteiger partial charge in [-0.15, -0.1) is 0 Å². The summed E-state index contributed by atoms with van der Waals surface area (Å²) in [5.74, 6) is 0. The van der Waals surface area contributed by atoms with Crippen molar-refractivity contribution in [3.05, 3.63) is 22.7 Å². The first-order chi connectivity index (χ1) is 8.95. The molecule has 2 heterocycles. The lowest BCUT2D eigenvalue weighted by Crippen LogP contribution is -2.31. The van der Waals surface area contributed by atoms with E-state index >= 15 is 0 Å². The standard InChI is InChI=1S/C13H16BrNO3S/c1-19(16,17)12-4-2-3-9(14)13(12)15-10-7-8-5-6-11(10)18-8/h2-4,8,10-11,15H,5-7H2,1H3/t8-,10+,11-/m1/s1. The smallest absolute Gasteiger partial charge is 0.177 e. The number of nitrogens with one attached hydrogen (secondary N) is 1. The number of hydrogen-bond donors (Lipinski definition) is 1. The van der Waals surface area contributed by atoms with E-state index in [1.165, 1.54) is 6.26 Å². The van der Waals surface area contributed by atoms with Gasteiger partial charge in [0.05, 0.1) is 28.8 Å². The van der Waals surface area contributed by atoms with Crippen LogP contribution >= 0.6 is 15.9 Å². The summed E-state index contributed by atoms with van der Waals surface area (Å²) in [4.78, 5) is 0.338. The van der Waals surface area contributed by atoms with Gasteiger partial charge >= 0.3 is 0 Å². The molecule has 4 nitrogen and oxygen atoms in total. The quantitative estimate of drug-likeness (QED) is 0.914. The Morgan fingerprint density at radius 1 is 1.37 bits per heavy atom. The molecular weight excluding hydrogens is 330 g/mol. The molecule has 0 amide bonds. The molecule has 0 aliphatic carbocycles. The van der Waals surface area contributed by atoms with Gasteiger partial charge in [0, 0.05) is 10.7 Å². The molecule has 0 spiro atoms. The minimum Gasteiger partial charge on any atom is -0.378 e. The highest BCUT2D eigenvalue weighted by molar-refractivity contribution is 9.10. The van der Waals surface area contributed by atoms with Crippen LogP contribution in [0.5, 0.6) is 0 Å². The molecule has 2 aliphatic rings. The molecule has 2 bridgehead atoms. The van der Waals surface area contributed by atoms with E-state index in [4.69, 9.17) is 4.74 Å². The summed E-state index contributed by atoms with van der Waals surface area (Å²) in [5, 5.41) is 3.36. The molecule has 0 unspecified atom stereocenters. The molecule has 3 atom stereocenters. The average Bonchev–Trinajstić information content (AvgIpc) is 2.92. The Morgan fingerprint density at radius 3 is 2.74 bits per heavy atom. The van der Waals surface area contributed by atoms with Crippen LogP contribution in [-0.4, -0.2) is 32.9 Å². The van der Waals surface area contributed by atoms with E-state index in [0.717, 1.165) is 23.7 Å². The molecule has 1 N–H and O–H groups in total. The second-order valence-electron chi connectivity index (χ2n) is 5.25. The van der Waals surface area contributed by atoms with Gasteiger partial charge in [-0.25, -0.2) is 8.42 Å². The number of sulfone groups is 1. The predicted octanol–water partition coefficient (Wildman–Crippen LogP) is 2.58. The van der Waals surface area contributed by atoms with Crippen LogP contribution in [0, 0.1) is 0 Å². The van der Waals surface area contributed by atoms with E-state index in [9.17, 15) is 8.42 Å². The molecule has 0 radical (unpaired) electrons. The van der Waals surface area contributed by atoms with Gasteiger partial charge in [-0.3, -0.25) is 0 Å². The van der Waals surface area contributed by atoms with Crippen molar-refractivity contribution >= 4 is 31.5 Å². The number of hydrogen-bond acceptors (Lipinski definition) is 4. The molecule has 0 saturated carbocycles. The summed E-state index contributed by atoms with van der Waals surface area (Å²) < 4.78 is 30.3. The van der Waals surface area contributed by atoms with Crippen LogP contribution in [0.1, 0.15) is 19.3 Å². The van der Waals surface area contributed by atoms with Crippen LogP contribution in [0.15, 0.2) is 27.6 Å². The maximum absolute atomic E-state index is 11.8. The van der Waals surface area contributed by atoms with Gasteiger partial charge in [0.2, 0.25) is 0 Å². The van der Waals surface area contributed by atoms with Gasteiger partial charge in [-0.1, -0.05) is 6.07 Å². The fourth-order valence-corrected chi connectivity index (χ4v) is 4.41. The Hall–Kier alpha value is -0.590. The van der Waals surface area contributed by atoms with Crippen molar-refractivity contribution in [2.24, 2.45) is 0 Å². The fourth-order valence-electron chi connectivity index (χ4n) is 2.93. The van der Waals surface area contributed by atoms with Crippen LogP contribution in [0.3, 0.4) is 0 Å². The van der Waals surface area contributed by atoms with E-state index in [0.29, 0.717) is 16.7 Å². The van der Waals surface area contributed by atoms with Crippen molar-refractivity contribution in [2.75, 3.05) is 11.6 Å². The molecule has 0 aromatic heterocycles. The lowest BCUT2D eigenvalue weighted by molar-refractivity contribution is 0.102. The summed E-state index contributed by atoms with van der Waals surface area (Å²) in [6.07, 6.45) is 4.92. The topological polar surface area (TPSA) is 55.4 Å². The summed E-state index contributed by atoms with van der Waals surface area (Å²) in [6.45, 7) is 0. The van der Waals surface area contributed by atoms with Gasteiger partial charge in [-0.2, -0.15) is 0 Å². The van der Waals surface area contributed by atoms with E-state index in [1.807, 2.05) is 6.07 Å². The minimum absolute atomic E-state index is 0.206. The van der Waals surface area contributed by atoms with Crippen LogP contribution in [0.25, 0.3) is 0 Å². The monoisotopic (exact) mass is 345 g/mol. The molecule has 2 aliphatic heterocycles. The summed E-state index contributed by atoms with van der Waals surface area (Å²) in [5.41, 5.74) is 0.658. The predicted molar refractivity (Wildman–Crippen MR) is 77.2 cm³/mol. The van der Waals surface area contributed by atoms with Crippen LogP contribution in [0.4, 0.5) is 5.69 Å². The zero-order valence-corrected chi connectivity index (χ0v) is 13.0. The number of anilines is 1. The summed E-state index contributed by atoms with van der Waals surface area (Å²) in [7, 11) is -3.24. The maximum Gasteiger partial charge on any atom is 0.177 e. The molecule has 19 heavy (non-hydrogen) atoms. The molecule has 1 aromatic carbocycles. The van der Waals surface area contributed by atoms with E-state index in [2.05, 4.69) is 21.2 Å². The highest BCUT2D eigenvalue weighted by atomic mass is 79.9. The number of rotatable bonds is 3. The van der Waals surface area contributed by atoms with E-state index in [-0.39, 0.29) is 12.1 Å². The fraction of sp³-hybridized carbons (Fsp3) is 0.538. The normalized spacial score (nSPS) is 29.7. The van der Waals surface area contributed by atoms with Gasteiger partial charge in [0.1, 0.15) is 0 Å². The second kappa shape index (κ2) is 4.75. The van der Waals surface area contributed by atoms with Crippen molar-refractivity contribution in [3.63, 3.8) is 0 Å². The summed E-state index contributed by atoms with van der Waals surface area (Å²) >= 11 is 3.43. The maximum atomic E-state index is 11.8. The van der Waals surface area contributed by atoms with Crippen molar-refractivity contribution in [1.82, 2.24) is 0 Å². The molecule has 3 rings (SSSR count). The van der Waals surface area contributed by atoms with E-state index < -0.39 is 9.84 Å². The lowest BCUT2D eigenvalue weighted by atomic mass is 9.95. The molecule has 2 fully saturated rings. The van der Waals surface area contributed by atoms with Crippen LogP contribution in [-0.2, 0) is 14.6 Å². The molecule has 2 saturated heterocycles. The molecule has 104 valence electrons. The molecule has 1 aromatic rings. The Balaban J connectivity index is 1.92. The largest absolute Gasteiger partial charge is 0.378 e. The Kier molecular flexibility index (Phi) is 3.35. The number of benzene rings is 1. The van der Waals surface area contributed by atoms with Crippen LogP contribution in [0.2, 0.25) is 0 Å². The zero-order valence-electron chi connectivity index (χ0n) is 10.6. The van der Waals surface area contributed by atoms with Crippen molar-refractivity contribution in [2.45, 2.75) is 42.4 Å². The Morgan fingerprint density at radius 2 is 2.16 bits per heavy atom. The van der Waals surface area contributed by atoms with Gasteiger partial charge in [0.15, 0.2) is 9.84 Å². The minimum atomic E-state index is -3.24. The van der Waals surface area contributed by atoms with Gasteiger partial charge < -0.3 is 10.1 Å². The second-order valence-corrected chi connectivity index (χ2v) is 8.08. The number of para-hydroxylation sites is 1. The Bertz CT molecular complexity index is 602. The van der Waals surface area contributed by atoms with Crippen molar-refractivity contribution < 1.29 is 13.2 Å². The van der Waals surface area contributed by atoms with Gasteiger partial charge in [0.25, 0.3) is 0 Å². The lowest BCUT2D eigenvalue weighted by Gasteiger charge is -2.23. The SMILES string of the molecule is CS(=O)(=O)c1cccc(Br)c1N[C@H]1C[C@H]2CC[C@H]1O2. The number of halogens is 1.